The van der Waals surface area contributed by atoms with Crippen LogP contribution in [-0.4, -0.2) is 38.0 Å². The second-order valence-corrected chi connectivity index (χ2v) is 6.29. The lowest BCUT2D eigenvalue weighted by atomic mass is 10.1. The molecule has 1 aliphatic rings. The maximum atomic E-state index is 12.4. The summed E-state index contributed by atoms with van der Waals surface area (Å²) in [5, 5.41) is 20.0. The molecule has 0 bridgehead atoms. The van der Waals surface area contributed by atoms with E-state index < -0.39 is 5.97 Å². The van der Waals surface area contributed by atoms with Gasteiger partial charge in [-0.1, -0.05) is 22.9 Å². The van der Waals surface area contributed by atoms with E-state index in [0.717, 1.165) is 11.3 Å². The Bertz CT molecular complexity index is 767. The van der Waals surface area contributed by atoms with Crippen molar-refractivity contribution in [3.63, 3.8) is 0 Å². The van der Waals surface area contributed by atoms with E-state index >= 15 is 0 Å². The molecule has 1 saturated carbocycles. The highest BCUT2D eigenvalue weighted by Crippen LogP contribution is 2.26. The summed E-state index contributed by atoms with van der Waals surface area (Å²) in [5.74, 6) is -1.48. The lowest BCUT2D eigenvalue weighted by Gasteiger charge is -2.11. The minimum atomic E-state index is -0.798. The Morgan fingerprint density at radius 3 is 2.54 bits per heavy atom. The number of aliphatic carboxylic acids is 1. The Morgan fingerprint density at radius 1 is 1.21 bits per heavy atom. The van der Waals surface area contributed by atoms with Crippen molar-refractivity contribution in [3.8, 4) is 5.69 Å². The number of carbonyl (C=O) groups excluding carboxylic acids is 1. The number of rotatable bonds is 4. The van der Waals surface area contributed by atoms with Crippen molar-refractivity contribution in [2.75, 3.05) is 0 Å². The van der Waals surface area contributed by atoms with E-state index in [2.05, 4.69) is 15.6 Å². The van der Waals surface area contributed by atoms with E-state index in [9.17, 15) is 9.59 Å². The first kappa shape index (κ1) is 16.2. The molecule has 0 unspecified atom stereocenters. The van der Waals surface area contributed by atoms with Gasteiger partial charge in [-0.15, -0.1) is 5.10 Å². The van der Waals surface area contributed by atoms with Gasteiger partial charge in [-0.3, -0.25) is 9.59 Å². The van der Waals surface area contributed by atoms with Crippen molar-refractivity contribution in [1.82, 2.24) is 20.3 Å². The topological polar surface area (TPSA) is 97.1 Å². The molecule has 0 radical (unpaired) electrons. The van der Waals surface area contributed by atoms with Gasteiger partial charge in [0.05, 0.1) is 17.3 Å². The Balaban J connectivity index is 1.72. The molecular formula is C17H20N4O3. The second-order valence-electron chi connectivity index (χ2n) is 6.29. The average Bonchev–Trinajstić information content (AvgIpc) is 3.15. The highest BCUT2D eigenvalue weighted by Gasteiger charge is 2.31. The zero-order valence-corrected chi connectivity index (χ0v) is 13.7. The number of nitrogens with zero attached hydrogens (tertiary/aromatic N) is 3. The zero-order valence-electron chi connectivity index (χ0n) is 13.7. The van der Waals surface area contributed by atoms with Crippen LogP contribution in [0.1, 0.15) is 41.0 Å². The molecule has 1 amide bonds. The summed E-state index contributed by atoms with van der Waals surface area (Å²) in [6.45, 7) is 3.80. The van der Waals surface area contributed by atoms with E-state index in [4.69, 9.17) is 5.11 Å². The van der Waals surface area contributed by atoms with Gasteiger partial charge < -0.3 is 10.4 Å². The molecule has 7 nitrogen and oxygen atoms in total. The summed E-state index contributed by atoms with van der Waals surface area (Å²) in [5.41, 5.74) is 2.92. The normalized spacial score (nSPS) is 20.1. The summed E-state index contributed by atoms with van der Waals surface area (Å²) in [6.07, 6.45) is 1.73. The minimum Gasteiger partial charge on any atom is -0.481 e. The molecule has 7 heteroatoms. The number of carboxylic acids is 1. The molecular weight excluding hydrogens is 308 g/mol. The highest BCUT2D eigenvalue weighted by molar-refractivity contribution is 5.93. The van der Waals surface area contributed by atoms with Crippen LogP contribution in [0.4, 0.5) is 0 Å². The van der Waals surface area contributed by atoms with Crippen LogP contribution in [-0.2, 0) is 4.79 Å². The zero-order chi connectivity index (χ0) is 17.3. The number of carboxylic acid groups (broad SMARTS) is 1. The predicted molar refractivity (Wildman–Crippen MR) is 87.1 cm³/mol. The number of carbonyl (C=O) groups is 2. The number of hydrogen-bond donors (Lipinski definition) is 2. The fourth-order valence-corrected chi connectivity index (χ4v) is 3.06. The number of aryl methyl sites for hydroxylation is 1. The summed E-state index contributed by atoms with van der Waals surface area (Å²) >= 11 is 0. The monoisotopic (exact) mass is 328 g/mol. The lowest BCUT2D eigenvalue weighted by Crippen LogP contribution is -2.34. The average molecular weight is 328 g/mol. The van der Waals surface area contributed by atoms with Crippen LogP contribution in [0.25, 0.3) is 5.69 Å². The lowest BCUT2D eigenvalue weighted by molar-refractivity contribution is -0.141. The number of hydrogen-bond acceptors (Lipinski definition) is 4. The van der Waals surface area contributed by atoms with Gasteiger partial charge in [-0.05, 0) is 45.2 Å². The summed E-state index contributed by atoms with van der Waals surface area (Å²) < 4.78 is 1.63. The van der Waals surface area contributed by atoms with Crippen molar-refractivity contribution in [2.24, 2.45) is 5.92 Å². The van der Waals surface area contributed by atoms with E-state index in [1.807, 2.05) is 31.2 Å². The number of amides is 1. The van der Waals surface area contributed by atoms with Gasteiger partial charge in [-0.2, -0.15) is 0 Å². The Labute approximate surface area is 139 Å². The second kappa shape index (κ2) is 6.43. The quantitative estimate of drug-likeness (QED) is 0.893. The van der Waals surface area contributed by atoms with Crippen LogP contribution in [0.2, 0.25) is 0 Å². The largest absolute Gasteiger partial charge is 0.481 e. The number of benzene rings is 1. The Hall–Kier alpha value is -2.70. The fraction of sp³-hybridized carbons (Fsp3) is 0.412. The van der Waals surface area contributed by atoms with Crippen molar-refractivity contribution in [1.29, 1.82) is 0 Å². The van der Waals surface area contributed by atoms with Crippen molar-refractivity contribution < 1.29 is 14.7 Å². The maximum absolute atomic E-state index is 12.4. The standard InChI is InChI=1S/C17H20N4O3/c1-10-3-7-14(8-4-10)21-11(2)15(19-20-21)16(22)18-13-6-5-12(9-13)17(23)24/h3-4,7-8,12-13H,5-6,9H2,1-2H3,(H,18,22)(H,23,24)/t12-,13+/m0/s1. The van der Waals surface area contributed by atoms with E-state index in [-0.39, 0.29) is 23.6 Å². The molecule has 24 heavy (non-hydrogen) atoms. The molecule has 0 saturated heterocycles. The minimum absolute atomic E-state index is 0.123. The third-order valence-electron chi connectivity index (χ3n) is 4.51. The van der Waals surface area contributed by atoms with Crippen LogP contribution in [0.15, 0.2) is 24.3 Å². The van der Waals surface area contributed by atoms with E-state index in [1.54, 1.807) is 11.6 Å². The van der Waals surface area contributed by atoms with Gasteiger partial charge in [0.2, 0.25) is 0 Å². The van der Waals surface area contributed by atoms with Crippen molar-refractivity contribution in [2.45, 2.75) is 39.2 Å². The molecule has 3 rings (SSSR count). The van der Waals surface area contributed by atoms with Gasteiger partial charge in [-0.25, -0.2) is 4.68 Å². The molecule has 0 spiro atoms. The van der Waals surface area contributed by atoms with E-state index in [0.29, 0.717) is 25.0 Å². The van der Waals surface area contributed by atoms with Gasteiger partial charge >= 0.3 is 5.97 Å². The highest BCUT2D eigenvalue weighted by atomic mass is 16.4. The smallest absolute Gasteiger partial charge is 0.306 e. The number of aromatic nitrogens is 3. The first-order chi connectivity index (χ1) is 11.5. The number of nitrogens with one attached hydrogen (secondary N) is 1. The molecule has 2 aromatic rings. The third kappa shape index (κ3) is 3.15. The van der Waals surface area contributed by atoms with Gasteiger partial charge in [0.25, 0.3) is 5.91 Å². The summed E-state index contributed by atoms with van der Waals surface area (Å²) in [4.78, 5) is 23.4. The Kier molecular flexibility index (Phi) is 4.33. The summed E-state index contributed by atoms with van der Waals surface area (Å²) in [7, 11) is 0. The van der Waals surface area contributed by atoms with Crippen molar-refractivity contribution >= 4 is 11.9 Å². The van der Waals surface area contributed by atoms with Crippen LogP contribution in [0.5, 0.6) is 0 Å². The van der Waals surface area contributed by atoms with Gasteiger partial charge in [0.1, 0.15) is 0 Å². The van der Waals surface area contributed by atoms with Crippen molar-refractivity contribution in [3.05, 3.63) is 41.2 Å². The molecule has 1 heterocycles. The SMILES string of the molecule is Cc1ccc(-n2nnc(C(=O)N[C@@H]3CC[C@H](C(=O)O)C3)c2C)cc1. The van der Waals surface area contributed by atoms with Crippen LogP contribution in [0, 0.1) is 19.8 Å². The molecule has 1 aromatic heterocycles. The Morgan fingerprint density at radius 2 is 1.92 bits per heavy atom. The van der Waals surface area contributed by atoms with Gasteiger partial charge in [0, 0.05) is 6.04 Å². The van der Waals surface area contributed by atoms with Gasteiger partial charge in [0.15, 0.2) is 5.69 Å². The predicted octanol–water partition coefficient (Wildman–Crippen LogP) is 1.87. The molecule has 1 fully saturated rings. The summed E-state index contributed by atoms with van der Waals surface area (Å²) in [6, 6.07) is 7.67. The maximum Gasteiger partial charge on any atom is 0.306 e. The van der Waals surface area contributed by atoms with Crippen LogP contribution < -0.4 is 5.32 Å². The first-order valence-electron chi connectivity index (χ1n) is 7.98. The molecule has 2 atom stereocenters. The molecule has 0 aliphatic heterocycles. The molecule has 126 valence electrons. The first-order valence-corrected chi connectivity index (χ1v) is 7.98. The third-order valence-corrected chi connectivity index (χ3v) is 4.51. The fourth-order valence-electron chi connectivity index (χ4n) is 3.06. The molecule has 1 aliphatic carbocycles. The molecule has 1 aromatic carbocycles. The molecule has 2 N–H and O–H groups in total. The van der Waals surface area contributed by atoms with Crippen LogP contribution >= 0.6 is 0 Å². The van der Waals surface area contributed by atoms with E-state index in [1.165, 1.54) is 0 Å². The van der Waals surface area contributed by atoms with Crippen LogP contribution in [0.3, 0.4) is 0 Å².